The molecule has 0 spiro atoms. The van der Waals surface area contributed by atoms with Crippen molar-refractivity contribution in [2.75, 3.05) is 7.11 Å². The molecule has 0 saturated carbocycles. The molecule has 0 amide bonds. The van der Waals surface area contributed by atoms with Gasteiger partial charge in [0.05, 0.1) is 19.2 Å². The second-order valence-electron chi connectivity index (χ2n) is 2.89. The highest BCUT2D eigenvalue weighted by Crippen LogP contribution is 2.27. The van der Waals surface area contributed by atoms with Crippen LogP contribution in [0.2, 0.25) is 0 Å². The zero-order chi connectivity index (χ0) is 12.3. The molecule has 0 aliphatic carbocycles. The van der Waals surface area contributed by atoms with E-state index in [1.807, 2.05) is 0 Å². The van der Waals surface area contributed by atoms with Gasteiger partial charge in [-0.3, -0.25) is 4.79 Å². The van der Waals surface area contributed by atoms with Crippen LogP contribution in [0, 0.1) is 5.95 Å². The number of esters is 1. The maximum absolute atomic E-state index is 12.8. The summed E-state index contributed by atoms with van der Waals surface area (Å²) in [4.78, 5) is 13.9. The van der Waals surface area contributed by atoms with Crippen LogP contribution < -0.4 is 0 Å². The second-order valence-corrected chi connectivity index (χ2v) is 2.89. The summed E-state index contributed by atoms with van der Waals surface area (Å²) >= 11 is 0. The maximum atomic E-state index is 12.8. The Morgan fingerprint density at radius 2 is 2.25 bits per heavy atom. The average molecular weight is 235 g/mol. The van der Waals surface area contributed by atoms with Crippen molar-refractivity contribution in [3.8, 4) is 5.75 Å². The molecular weight excluding hydrogens is 227 g/mol. The molecule has 0 saturated heterocycles. The fourth-order valence-corrected chi connectivity index (χ4v) is 1.07. The predicted octanol–water partition coefficient (Wildman–Crippen LogP) is 1.58. The molecule has 7 heteroatoms. The largest absolute Gasteiger partial charge is 0.504 e. The monoisotopic (exact) mass is 235 g/mol. The van der Waals surface area contributed by atoms with Crippen LogP contribution in [0.5, 0.6) is 5.75 Å². The summed E-state index contributed by atoms with van der Waals surface area (Å²) < 4.78 is 42.0. The first-order chi connectivity index (χ1) is 7.45. The highest BCUT2D eigenvalue weighted by atomic mass is 19.3. The van der Waals surface area contributed by atoms with Gasteiger partial charge in [0, 0.05) is 5.56 Å². The van der Waals surface area contributed by atoms with Crippen LogP contribution in [0.15, 0.2) is 6.07 Å². The van der Waals surface area contributed by atoms with Crippen molar-refractivity contribution >= 4 is 5.97 Å². The molecule has 0 bridgehead atoms. The fraction of sp³-hybridized carbons (Fsp3) is 0.333. The van der Waals surface area contributed by atoms with Gasteiger partial charge in [0.15, 0.2) is 5.75 Å². The minimum absolute atomic E-state index is 0.447. The molecule has 0 aliphatic rings. The van der Waals surface area contributed by atoms with Crippen molar-refractivity contribution in [2.24, 2.45) is 0 Å². The summed E-state index contributed by atoms with van der Waals surface area (Å²) in [5, 5.41) is 8.88. The number of aromatic hydroxyl groups is 1. The quantitative estimate of drug-likeness (QED) is 0.638. The molecule has 1 N–H and O–H groups in total. The summed E-state index contributed by atoms with van der Waals surface area (Å²) in [6.07, 6.45) is -3.54. The molecule has 1 rings (SSSR count). The number of methoxy groups -OCH3 is 1. The van der Waals surface area contributed by atoms with Crippen LogP contribution in [-0.4, -0.2) is 23.2 Å². The number of carbonyl (C=O) groups excluding carboxylic acids is 1. The van der Waals surface area contributed by atoms with Gasteiger partial charge in [-0.2, -0.15) is 4.39 Å². The summed E-state index contributed by atoms with van der Waals surface area (Å²) in [5.74, 6) is -3.10. The fourth-order valence-electron chi connectivity index (χ4n) is 1.07. The SMILES string of the molecule is COC(=O)Cc1nc(F)c(O)cc1C(F)F. The summed E-state index contributed by atoms with van der Waals surface area (Å²) in [6, 6.07) is 0.547. The van der Waals surface area contributed by atoms with Crippen molar-refractivity contribution in [3.05, 3.63) is 23.3 Å². The van der Waals surface area contributed by atoms with Crippen LogP contribution in [0.4, 0.5) is 13.2 Å². The Balaban J connectivity index is 3.14. The lowest BCUT2D eigenvalue weighted by atomic mass is 10.1. The average Bonchev–Trinajstić information content (AvgIpc) is 2.22. The third kappa shape index (κ3) is 2.62. The van der Waals surface area contributed by atoms with E-state index in [-0.39, 0.29) is 0 Å². The van der Waals surface area contributed by atoms with Crippen LogP contribution in [0.1, 0.15) is 17.7 Å². The number of halogens is 3. The lowest BCUT2D eigenvalue weighted by molar-refractivity contribution is -0.139. The standard InChI is InChI=1S/C9H8F3NO3/c1-16-7(15)3-5-4(8(10)11)2-6(14)9(12)13-5/h2,8,14H,3H2,1H3. The summed E-state index contributed by atoms with van der Waals surface area (Å²) in [5.41, 5.74) is -1.14. The predicted molar refractivity (Wildman–Crippen MR) is 46.5 cm³/mol. The van der Waals surface area contributed by atoms with Gasteiger partial charge in [-0.05, 0) is 6.07 Å². The summed E-state index contributed by atoms with van der Waals surface area (Å²) in [6.45, 7) is 0. The van der Waals surface area contributed by atoms with Crippen LogP contribution in [-0.2, 0) is 16.0 Å². The first-order valence-corrected chi connectivity index (χ1v) is 4.19. The highest BCUT2D eigenvalue weighted by molar-refractivity contribution is 5.72. The van der Waals surface area contributed by atoms with E-state index in [0.29, 0.717) is 6.07 Å². The number of ether oxygens (including phenoxy) is 1. The van der Waals surface area contributed by atoms with Crippen molar-refractivity contribution < 1.29 is 27.8 Å². The number of carbonyl (C=O) groups is 1. The van der Waals surface area contributed by atoms with Gasteiger partial charge in [-0.25, -0.2) is 13.8 Å². The van der Waals surface area contributed by atoms with Gasteiger partial charge in [-0.1, -0.05) is 0 Å². The van der Waals surface area contributed by atoms with E-state index in [4.69, 9.17) is 5.11 Å². The molecule has 1 heterocycles. The lowest BCUT2D eigenvalue weighted by Crippen LogP contribution is -2.10. The molecular formula is C9H8F3NO3. The highest BCUT2D eigenvalue weighted by Gasteiger charge is 2.20. The zero-order valence-corrected chi connectivity index (χ0v) is 8.21. The number of alkyl halides is 2. The van der Waals surface area contributed by atoms with Crippen molar-refractivity contribution in [1.82, 2.24) is 4.98 Å². The van der Waals surface area contributed by atoms with Gasteiger partial charge in [0.2, 0.25) is 0 Å². The Kier molecular flexibility index (Phi) is 3.70. The first kappa shape index (κ1) is 12.3. The Labute approximate surface area is 88.7 Å². The molecule has 0 aromatic carbocycles. The van der Waals surface area contributed by atoms with Gasteiger partial charge in [0.1, 0.15) is 0 Å². The molecule has 88 valence electrons. The Morgan fingerprint density at radius 1 is 1.62 bits per heavy atom. The minimum Gasteiger partial charge on any atom is -0.504 e. The van der Waals surface area contributed by atoms with E-state index < -0.39 is 41.8 Å². The molecule has 0 fully saturated rings. The van der Waals surface area contributed by atoms with Crippen molar-refractivity contribution in [2.45, 2.75) is 12.8 Å². The normalized spacial score (nSPS) is 10.6. The van der Waals surface area contributed by atoms with E-state index in [0.717, 1.165) is 7.11 Å². The number of aromatic nitrogens is 1. The molecule has 4 nitrogen and oxygen atoms in total. The van der Waals surface area contributed by atoms with Crippen LogP contribution in [0.3, 0.4) is 0 Å². The van der Waals surface area contributed by atoms with Gasteiger partial charge >= 0.3 is 5.97 Å². The van der Waals surface area contributed by atoms with Crippen molar-refractivity contribution in [3.63, 3.8) is 0 Å². The van der Waals surface area contributed by atoms with Crippen LogP contribution in [0.25, 0.3) is 0 Å². The number of pyridine rings is 1. The molecule has 16 heavy (non-hydrogen) atoms. The van der Waals surface area contributed by atoms with E-state index in [9.17, 15) is 18.0 Å². The topological polar surface area (TPSA) is 59.4 Å². The molecule has 0 aliphatic heterocycles. The van der Waals surface area contributed by atoms with Gasteiger partial charge in [-0.15, -0.1) is 0 Å². The number of hydrogen-bond donors (Lipinski definition) is 1. The first-order valence-electron chi connectivity index (χ1n) is 4.19. The lowest BCUT2D eigenvalue weighted by Gasteiger charge is -2.07. The number of hydrogen-bond acceptors (Lipinski definition) is 4. The Hall–Kier alpha value is -1.79. The third-order valence-corrected chi connectivity index (χ3v) is 1.84. The van der Waals surface area contributed by atoms with Gasteiger partial charge in [0.25, 0.3) is 12.4 Å². The van der Waals surface area contributed by atoms with E-state index in [1.165, 1.54) is 0 Å². The zero-order valence-electron chi connectivity index (χ0n) is 8.21. The second kappa shape index (κ2) is 4.82. The Bertz CT molecular complexity index is 409. The Morgan fingerprint density at radius 3 is 2.75 bits per heavy atom. The van der Waals surface area contributed by atoms with E-state index >= 15 is 0 Å². The molecule has 1 aromatic heterocycles. The van der Waals surface area contributed by atoms with Crippen molar-refractivity contribution in [1.29, 1.82) is 0 Å². The molecule has 0 unspecified atom stereocenters. The third-order valence-electron chi connectivity index (χ3n) is 1.84. The van der Waals surface area contributed by atoms with E-state index in [2.05, 4.69) is 9.72 Å². The molecule has 0 radical (unpaired) electrons. The molecule has 0 atom stereocenters. The number of nitrogens with zero attached hydrogens (tertiary/aromatic N) is 1. The number of rotatable bonds is 3. The molecule has 1 aromatic rings. The maximum Gasteiger partial charge on any atom is 0.311 e. The minimum atomic E-state index is -2.96. The van der Waals surface area contributed by atoms with Crippen LogP contribution >= 0.6 is 0 Å². The van der Waals surface area contributed by atoms with E-state index in [1.54, 1.807) is 0 Å². The smallest absolute Gasteiger partial charge is 0.311 e. The summed E-state index contributed by atoms with van der Waals surface area (Å²) in [7, 11) is 1.07. The van der Waals surface area contributed by atoms with Gasteiger partial charge < -0.3 is 9.84 Å².